The molecule has 0 saturated carbocycles. The lowest BCUT2D eigenvalue weighted by Crippen LogP contribution is -2.45. The van der Waals surface area contributed by atoms with Crippen molar-refractivity contribution >= 4 is 13.7 Å². The van der Waals surface area contributed by atoms with Crippen LogP contribution in [0.1, 0.15) is 251 Å². The van der Waals surface area contributed by atoms with Crippen LogP contribution in [0.5, 0.6) is 0 Å². The third-order valence-electron chi connectivity index (χ3n) is 12.2. The van der Waals surface area contributed by atoms with Crippen LogP contribution in [0, 0.1) is 0 Å². The molecule has 0 aliphatic rings. The Morgan fingerprint density at radius 3 is 1.28 bits per heavy atom. The molecule has 0 aromatic rings. The Hall–Kier alpha value is -1.54. The average Bonchev–Trinajstić information content (AvgIpc) is 3.26. The molecule has 9 heteroatoms. The second-order valence-electron chi connectivity index (χ2n) is 19.9. The Labute approximate surface area is 403 Å². The third kappa shape index (κ3) is 50.2. The van der Waals surface area contributed by atoms with E-state index in [4.69, 9.17) is 9.05 Å². The Kier molecular flexibility index (Phi) is 46.4. The number of carbonyl (C=O) groups is 1. The highest BCUT2D eigenvalue weighted by Gasteiger charge is 2.27. The van der Waals surface area contributed by atoms with Gasteiger partial charge >= 0.3 is 7.82 Å². The van der Waals surface area contributed by atoms with Gasteiger partial charge < -0.3 is 19.8 Å². The van der Waals surface area contributed by atoms with Gasteiger partial charge in [-0.3, -0.25) is 13.8 Å². The van der Waals surface area contributed by atoms with Gasteiger partial charge in [0.05, 0.1) is 39.9 Å². The summed E-state index contributed by atoms with van der Waals surface area (Å²) in [5.74, 6) is -0.191. The predicted octanol–water partition coefficient (Wildman–Crippen LogP) is 16.4. The highest BCUT2D eigenvalue weighted by atomic mass is 31.2. The second-order valence-corrected chi connectivity index (χ2v) is 21.4. The van der Waals surface area contributed by atoms with Crippen molar-refractivity contribution in [2.45, 2.75) is 264 Å². The highest BCUT2D eigenvalue weighted by Crippen LogP contribution is 2.43. The van der Waals surface area contributed by atoms with Crippen LogP contribution in [0.2, 0.25) is 0 Å². The molecule has 3 N–H and O–H groups in total. The summed E-state index contributed by atoms with van der Waals surface area (Å²) in [6.45, 7) is 4.75. The normalized spacial score (nSPS) is 14.4. The minimum Gasteiger partial charge on any atom is -0.387 e. The van der Waals surface area contributed by atoms with Crippen molar-refractivity contribution < 1.29 is 32.9 Å². The zero-order valence-electron chi connectivity index (χ0n) is 43.5. The van der Waals surface area contributed by atoms with Crippen molar-refractivity contribution in [3.63, 3.8) is 0 Å². The summed E-state index contributed by atoms with van der Waals surface area (Å²) in [4.78, 5) is 23.2. The quantitative estimate of drug-likeness (QED) is 0.0243. The molecular weight excluding hydrogens is 828 g/mol. The summed E-state index contributed by atoms with van der Waals surface area (Å²) in [5.41, 5.74) is 0. The molecule has 382 valence electrons. The van der Waals surface area contributed by atoms with Crippen molar-refractivity contribution in [2.75, 3.05) is 40.9 Å². The molecule has 0 rings (SSSR count). The van der Waals surface area contributed by atoms with Gasteiger partial charge in [0.1, 0.15) is 13.2 Å². The van der Waals surface area contributed by atoms with Crippen LogP contribution in [0.15, 0.2) is 48.6 Å². The fourth-order valence-electron chi connectivity index (χ4n) is 7.88. The van der Waals surface area contributed by atoms with E-state index in [-0.39, 0.29) is 19.1 Å². The number of unbranched alkanes of at least 4 members (excludes halogenated alkanes) is 31. The molecule has 0 aliphatic heterocycles. The molecule has 0 saturated heterocycles. The average molecular weight is 936 g/mol. The van der Waals surface area contributed by atoms with Gasteiger partial charge in [0.2, 0.25) is 5.91 Å². The van der Waals surface area contributed by atoms with E-state index in [0.717, 1.165) is 51.4 Å². The van der Waals surface area contributed by atoms with Crippen molar-refractivity contribution in [2.24, 2.45) is 0 Å². The highest BCUT2D eigenvalue weighted by molar-refractivity contribution is 7.47. The third-order valence-corrected chi connectivity index (χ3v) is 13.2. The van der Waals surface area contributed by atoms with Crippen molar-refractivity contribution in [3.05, 3.63) is 48.6 Å². The van der Waals surface area contributed by atoms with Crippen molar-refractivity contribution in [1.82, 2.24) is 5.32 Å². The van der Waals surface area contributed by atoms with Gasteiger partial charge in [-0.2, -0.15) is 0 Å². The van der Waals surface area contributed by atoms with Crippen LogP contribution in [0.3, 0.4) is 0 Å². The Morgan fingerprint density at radius 1 is 0.508 bits per heavy atom. The molecule has 0 heterocycles. The first-order valence-corrected chi connectivity index (χ1v) is 29.0. The number of likely N-dealkylation sites (N-methyl/N-ethyl adjacent to an activating group) is 1. The number of aliphatic hydroxyl groups excluding tert-OH is 1. The first-order chi connectivity index (χ1) is 31.5. The smallest absolute Gasteiger partial charge is 0.387 e. The number of hydrogen-bond donors (Lipinski definition) is 3. The molecule has 0 aliphatic carbocycles. The number of nitrogens with one attached hydrogen (secondary N) is 1. The minimum absolute atomic E-state index is 0.0533. The zero-order valence-corrected chi connectivity index (χ0v) is 44.4. The molecule has 3 atom stereocenters. The van der Waals surface area contributed by atoms with Crippen LogP contribution in [-0.2, 0) is 18.4 Å². The monoisotopic (exact) mass is 936 g/mol. The summed E-state index contributed by atoms with van der Waals surface area (Å²) in [6.07, 6.45) is 62.3. The van der Waals surface area contributed by atoms with Crippen molar-refractivity contribution in [3.8, 4) is 0 Å². The fourth-order valence-corrected chi connectivity index (χ4v) is 8.62. The molecule has 3 unspecified atom stereocenters. The number of aliphatic hydroxyl groups is 1. The lowest BCUT2D eigenvalue weighted by Gasteiger charge is -2.25. The maximum Gasteiger partial charge on any atom is 0.472 e. The molecule has 0 bridgehead atoms. The largest absolute Gasteiger partial charge is 0.472 e. The molecule has 65 heavy (non-hydrogen) atoms. The van der Waals surface area contributed by atoms with E-state index in [1.165, 1.54) is 180 Å². The first kappa shape index (κ1) is 63.5. The summed E-state index contributed by atoms with van der Waals surface area (Å²) in [5, 5.41) is 13.8. The lowest BCUT2D eigenvalue weighted by atomic mass is 10.0. The Bertz CT molecular complexity index is 1200. The zero-order chi connectivity index (χ0) is 47.8. The topological polar surface area (TPSA) is 105 Å². The SMILES string of the molecule is CCCC/C=C/CC/C=C/CC/C=C/C(O)C(COP(=O)(O)OCC[N+](C)(C)C)NC(=O)CCCCCCCCCCCCCCCCC/C=C\CCCCCCCCCCCCCC. The number of phosphoric acid groups is 1. The van der Waals surface area contributed by atoms with Gasteiger partial charge in [-0.15, -0.1) is 0 Å². The maximum absolute atomic E-state index is 12.9. The van der Waals surface area contributed by atoms with E-state index >= 15 is 0 Å². The minimum atomic E-state index is -4.35. The van der Waals surface area contributed by atoms with Gasteiger partial charge in [0.15, 0.2) is 0 Å². The molecule has 0 fully saturated rings. The van der Waals surface area contributed by atoms with E-state index in [2.05, 4.69) is 55.6 Å². The summed E-state index contributed by atoms with van der Waals surface area (Å²) < 4.78 is 23.6. The molecule has 1 amide bonds. The fraction of sp³-hybridized carbons (Fsp3) is 0.839. The Morgan fingerprint density at radius 2 is 0.862 bits per heavy atom. The molecule has 0 aromatic heterocycles. The molecule has 0 radical (unpaired) electrons. The number of nitrogens with zero attached hydrogens (tertiary/aromatic N) is 1. The van der Waals surface area contributed by atoms with Crippen LogP contribution in [-0.4, -0.2) is 73.4 Å². The van der Waals surface area contributed by atoms with Gasteiger partial charge in [-0.25, -0.2) is 4.57 Å². The van der Waals surface area contributed by atoms with E-state index in [0.29, 0.717) is 17.4 Å². The lowest BCUT2D eigenvalue weighted by molar-refractivity contribution is -0.870. The summed E-state index contributed by atoms with van der Waals surface area (Å²) in [6, 6.07) is -0.868. The first-order valence-electron chi connectivity index (χ1n) is 27.5. The van der Waals surface area contributed by atoms with E-state index in [1.54, 1.807) is 6.08 Å². The number of phosphoric ester groups is 1. The predicted molar refractivity (Wildman–Crippen MR) is 281 cm³/mol. The number of rotatable bonds is 50. The van der Waals surface area contributed by atoms with Crippen LogP contribution < -0.4 is 5.32 Å². The summed E-state index contributed by atoms with van der Waals surface area (Å²) in [7, 11) is 1.55. The van der Waals surface area contributed by atoms with Crippen LogP contribution in [0.25, 0.3) is 0 Å². The van der Waals surface area contributed by atoms with E-state index < -0.39 is 20.0 Å². The molecule has 0 spiro atoms. The Balaban J connectivity index is 4.05. The molecular formula is C56H108N2O6P+. The molecule has 8 nitrogen and oxygen atoms in total. The van der Waals surface area contributed by atoms with Gasteiger partial charge in [-0.1, -0.05) is 229 Å². The number of quaternary nitrogens is 1. The van der Waals surface area contributed by atoms with E-state index in [9.17, 15) is 19.4 Å². The van der Waals surface area contributed by atoms with Crippen LogP contribution in [0.4, 0.5) is 0 Å². The number of amides is 1. The maximum atomic E-state index is 12.9. The number of hydrogen-bond acceptors (Lipinski definition) is 5. The van der Waals surface area contributed by atoms with Crippen molar-refractivity contribution in [1.29, 1.82) is 0 Å². The van der Waals surface area contributed by atoms with E-state index in [1.807, 2.05) is 27.2 Å². The second kappa shape index (κ2) is 47.5. The summed E-state index contributed by atoms with van der Waals surface area (Å²) >= 11 is 0. The van der Waals surface area contributed by atoms with Crippen LogP contribution >= 0.6 is 7.82 Å². The number of allylic oxidation sites excluding steroid dienone is 7. The van der Waals surface area contributed by atoms with Gasteiger partial charge in [0, 0.05) is 6.42 Å². The standard InChI is InChI=1S/C56H107N2O6P/c1-6-8-10-12-14-16-18-20-21-22-23-24-25-26-27-28-29-30-31-32-33-34-35-36-37-38-40-42-44-46-48-50-56(60)57-54(53-64-65(61,62)63-52-51-58(3,4)5)55(59)49-47-45-43-41-39-19-17-15-13-11-9-7-2/h13,15,26-27,39,41,47,49,54-55,59H,6-12,14,16-25,28-38,40,42-46,48,50-53H2,1-5H3,(H-,57,60,61,62)/p+1/b15-13+,27-26-,41-39+,49-47+. The molecule has 0 aromatic carbocycles. The van der Waals surface area contributed by atoms with Gasteiger partial charge in [-0.05, 0) is 64.2 Å². The number of carbonyl (C=O) groups excluding carboxylic acids is 1. The van der Waals surface area contributed by atoms with Gasteiger partial charge in [0.25, 0.3) is 0 Å².